The van der Waals surface area contributed by atoms with Crippen molar-refractivity contribution in [3.05, 3.63) is 27.7 Å². The second-order valence-corrected chi connectivity index (χ2v) is 5.83. The molecule has 1 aromatic rings. The summed E-state index contributed by atoms with van der Waals surface area (Å²) in [5.74, 6) is 0.377. The predicted molar refractivity (Wildman–Crippen MR) is 68.5 cm³/mol. The Morgan fingerprint density at radius 1 is 1.27 bits per heavy atom. The van der Waals surface area contributed by atoms with Crippen LogP contribution in [0.25, 0.3) is 0 Å². The highest BCUT2D eigenvalue weighted by Gasteiger charge is 2.20. The third kappa shape index (κ3) is 2.97. The Morgan fingerprint density at radius 2 is 1.87 bits per heavy atom. The predicted octanol–water partition coefficient (Wildman–Crippen LogP) is 4.40. The van der Waals surface area contributed by atoms with Crippen molar-refractivity contribution in [3.8, 4) is 5.75 Å². The van der Waals surface area contributed by atoms with Gasteiger partial charge in [-0.25, -0.2) is 0 Å². The van der Waals surface area contributed by atoms with Crippen LogP contribution in [0.3, 0.4) is 0 Å². The molecule has 0 radical (unpaired) electrons. The Kier molecular flexibility index (Phi) is 3.82. The lowest BCUT2D eigenvalue weighted by Crippen LogP contribution is -2.12. The van der Waals surface area contributed by atoms with Crippen LogP contribution in [-0.2, 0) is 11.8 Å². The summed E-state index contributed by atoms with van der Waals surface area (Å²) in [6, 6.07) is 4.12. The molecule has 1 N–H and O–H groups in total. The van der Waals surface area contributed by atoms with Gasteiger partial charge in [0.2, 0.25) is 0 Å². The van der Waals surface area contributed by atoms with E-state index in [-0.39, 0.29) is 5.41 Å². The summed E-state index contributed by atoms with van der Waals surface area (Å²) in [6.45, 7) is 8.51. The van der Waals surface area contributed by atoms with E-state index in [1.165, 1.54) is 5.56 Å². The van der Waals surface area contributed by atoms with Crippen LogP contribution in [0.15, 0.2) is 16.6 Å². The first-order valence-corrected chi connectivity index (χ1v) is 6.17. The van der Waals surface area contributed by atoms with Crippen LogP contribution in [0.2, 0.25) is 0 Å². The molecule has 0 bridgehead atoms. The summed E-state index contributed by atoms with van der Waals surface area (Å²) >= 11 is 3.41. The minimum Gasteiger partial charge on any atom is -0.506 e. The third-order valence-electron chi connectivity index (χ3n) is 2.47. The van der Waals surface area contributed by atoms with E-state index in [1.807, 2.05) is 6.07 Å². The van der Waals surface area contributed by atoms with Gasteiger partial charge in [-0.05, 0) is 39.4 Å². The SMILES string of the molecule is CCCc1cc(Br)c(O)c(C(C)(C)C)c1. The maximum atomic E-state index is 9.98. The van der Waals surface area contributed by atoms with Crippen molar-refractivity contribution < 1.29 is 5.11 Å². The van der Waals surface area contributed by atoms with E-state index in [4.69, 9.17) is 0 Å². The smallest absolute Gasteiger partial charge is 0.133 e. The summed E-state index contributed by atoms with van der Waals surface area (Å²) in [4.78, 5) is 0. The molecule has 0 amide bonds. The Morgan fingerprint density at radius 3 is 2.33 bits per heavy atom. The number of phenols is 1. The van der Waals surface area contributed by atoms with Crippen LogP contribution in [-0.4, -0.2) is 5.11 Å². The quantitative estimate of drug-likeness (QED) is 0.845. The number of hydrogen-bond donors (Lipinski definition) is 1. The maximum Gasteiger partial charge on any atom is 0.133 e. The van der Waals surface area contributed by atoms with Crippen LogP contribution in [0.5, 0.6) is 5.75 Å². The first kappa shape index (κ1) is 12.6. The number of rotatable bonds is 2. The molecule has 84 valence electrons. The molecular weight excluding hydrogens is 252 g/mol. The van der Waals surface area contributed by atoms with Gasteiger partial charge in [0.25, 0.3) is 0 Å². The second kappa shape index (κ2) is 4.56. The molecule has 0 fully saturated rings. The number of halogens is 1. The topological polar surface area (TPSA) is 20.2 Å². The average molecular weight is 271 g/mol. The standard InChI is InChI=1S/C13H19BrO/c1-5-6-9-7-10(13(2,3)4)12(15)11(14)8-9/h7-8,15H,5-6H2,1-4H3. The molecule has 0 saturated heterocycles. The second-order valence-electron chi connectivity index (χ2n) is 4.97. The molecule has 1 aromatic carbocycles. The van der Waals surface area contributed by atoms with Crippen LogP contribution in [0, 0.1) is 0 Å². The van der Waals surface area contributed by atoms with Gasteiger partial charge in [0.05, 0.1) is 4.47 Å². The summed E-state index contributed by atoms with van der Waals surface area (Å²) in [7, 11) is 0. The van der Waals surface area contributed by atoms with Crippen molar-refractivity contribution in [2.75, 3.05) is 0 Å². The minimum atomic E-state index is -0.0175. The molecule has 1 rings (SSSR count). The normalized spacial score (nSPS) is 11.8. The first-order chi connectivity index (χ1) is 6.86. The summed E-state index contributed by atoms with van der Waals surface area (Å²) in [6.07, 6.45) is 2.18. The molecule has 0 saturated carbocycles. The molecule has 15 heavy (non-hydrogen) atoms. The van der Waals surface area contributed by atoms with Crippen molar-refractivity contribution >= 4 is 15.9 Å². The lowest BCUT2D eigenvalue weighted by Gasteiger charge is -2.22. The molecule has 0 unspecified atom stereocenters. The van der Waals surface area contributed by atoms with E-state index >= 15 is 0 Å². The van der Waals surface area contributed by atoms with Crippen molar-refractivity contribution in [2.24, 2.45) is 0 Å². The van der Waals surface area contributed by atoms with Crippen molar-refractivity contribution in [1.82, 2.24) is 0 Å². The van der Waals surface area contributed by atoms with E-state index in [0.29, 0.717) is 5.75 Å². The molecule has 0 aliphatic rings. The maximum absolute atomic E-state index is 9.98. The van der Waals surface area contributed by atoms with Gasteiger partial charge in [-0.1, -0.05) is 40.2 Å². The molecule has 0 spiro atoms. The van der Waals surface area contributed by atoms with Gasteiger partial charge < -0.3 is 5.11 Å². The Bertz CT molecular complexity index is 350. The van der Waals surface area contributed by atoms with Gasteiger partial charge in [0, 0.05) is 5.56 Å². The van der Waals surface area contributed by atoms with Crippen LogP contribution >= 0.6 is 15.9 Å². The largest absolute Gasteiger partial charge is 0.506 e. The number of phenolic OH excluding ortho intramolecular Hbond substituents is 1. The van der Waals surface area contributed by atoms with Crippen LogP contribution in [0.1, 0.15) is 45.2 Å². The van der Waals surface area contributed by atoms with E-state index in [9.17, 15) is 5.11 Å². The molecule has 0 heterocycles. The van der Waals surface area contributed by atoms with Crippen LogP contribution < -0.4 is 0 Å². The van der Waals surface area contributed by atoms with Crippen molar-refractivity contribution in [3.63, 3.8) is 0 Å². The molecule has 0 aliphatic heterocycles. The molecule has 2 heteroatoms. The summed E-state index contributed by atoms with van der Waals surface area (Å²) in [5.41, 5.74) is 2.28. The zero-order chi connectivity index (χ0) is 11.6. The molecule has 0 atom stereocenters. The minimum absolute atomic E-state index is 0.0175. The monoisotopic (exact) mass is 270 g/mol. The fraction of sp³-hybridized carbons (Fsp3) is 0.538. The fourth-order valence-electron chi connectivity index (χ4n) is 1.66. The summed E-state index contributed by atoms with van der Waals surface area (Å²) < 4.78 is 0.804. The summed E-state index contributed by atoms with van der Waals surface area (Å²) in [5, 5.41) is 9.98. The Balaban J connectivity index is 3.25. The van der Waals surface area contributed by atoms with Gasteiger partial charge in [-0.15, -0.1) is 0 Å². The number of aryl methyl sites for hydroxylation is 1. The zero-order valence-electron chi connectivity index (χ0n) is 9.89. The van der Waals surface area contributed by atoms with Gasteiger partial charge in [0.1, 0.15) is 5.75 Å². The van der Waals surface area contributed by atoms with Gasteiger partial charge >= 0.3 is 0 Å². The van der Waals surface area contributed by atoms with Crippen molar-refractivity contribution in [1.29, 1.82) is 0 Å². The zero-order valence-corrected chi connectivity index (χ0v) is 11.5. The number of aromatic hydroxyl groups is 1. The molecule has 1 nitrogen and oxygen atoms in total. The highest BCUT2D eigenvalue weighted by molar-refractivity contribution is 9.10. The molecule has 0 aromatic heterocycles. The van der Waals surface area contributed by atoms with E-state index in [2.05, 4.69) is 49.7 Å². The average Bonchev–Trinajstić information content (AvgIpc) is 2.09. The Labute approximate surface area is 101 Å². The first-order valence-electron chi connectivity index (χ1n) is 5.38. The van der Waals surface area contributed by atoms with Gasteiger partial charge in [-0.3, -0.25) is 0 Å². The van der Waals surface area contributed by atoms with E-state index in [1.54, 1.807) is 0 Å². The van der Waals surface area contributed by atoms with Crippen molar-refractivity contribution in [2.45, 2.75) is 46.0 Å². The van der Waals surface area contributed by atoms with E-state index in [0.717, 1.165) is 22.9 Å². The third-order valence-corrected chi connectivity index (χ3v) is 3.07. The molecular formula is C13H19BrO. The van der Waals surface area contributed by atoms with E-state index < -0.39 is 0 Å². The lowest BCUT2D eigenvalue weighted by atomic mass is 9.85. The lowest BCUT2D eigenvalue weighted by molar-refractivity contribution is 0.443. The highest BCUT2D eigenvalue weighted by atomic mass is 79.9. The fourth-order valence-corrected chi connectivity index (χ4v) is 2.17. The number of hydrogen-bond acceptors (Lipinski definition) is 1. The van der Waals surface area contributed by atoms with Gasteiger partial charge in [-0.2, -0.15) is 0 Å². The Hall–Kier alpha value is -0.500. The highest BCUT2D eigenvalue weighted by Crippen LogP contribution is 2.37. The number of benzene rings is 1. The van der Waals surface area contributed by atoms with Crippen LogP contribution in [0.4, 0.5) is 0 Å². The molecule has 0 aliphatic carbocycles. The van der Waals surface area contributed by atoms with Gasteiger partial charge in [0.15, 0.2) is 0 Å².